The summed E-state index contributed by atoms with van der Waals surface area (Å²) in [6.07, 6.45) is 4.53. The highest BCUT2D eigenvalue weighted by molar-refractivity contribution is 6.05. The number of nitrogens with one attached hydrogen (secondary N) is 2. The molecule has 0 radical (unpaired) electrons. The number of benzene rings is 1. The van der Waals surface area contributed by atoms with Crippen molar-refractivity contribution in [2.24, 2.45) is 11.3 Å². The molecule has 0 bridgehead atoms. The highest BCUT2D eigenvalue weighted by Gasteiger charge is 2.40. The Hall–Kier alpha value is -2.21. The highest BCUT2D eigenvalue weighted by atomic mass is 16.2. The normalized spacial score (nSPS) is 26.7. The van der Waals surface area contributed by atoms with Crippen molar-refractivity contribution in [2.75, 3.05) is 0 Å². The first-order chi connectivity index (χ1) is 13.7. The van der Waals surface area contributed by atoms with Crippen LogP contribution in [-0.4, -0.2) is 34.7 Å². The third-order valence-electron chi connectivity index (χ3n) is 7.12. The number of imide groups is 1. The van der Waals surface area contributed by atoms with Crippen LogP contribution in [-0.2, 0) is 22.7 Å². The first-order valence-corrected chi connectivity index (χ1v) is 10.7. The summed E-state index contributed by atoms with van der Waals surface area (Å²) in [5, 5.41) is 5.97. The Morgan fingerprint density at radius 3 is 2.69 bits per heavy atom. The van der Waals surface area contributed by atoms with Gasteiger partial charge in [-0.2, -0.15) is 0 Å². The van der Waals surface area contributed by atoms with Gasteiger partial charge in [0.15, 0.2) is 0 Å². The van der Waals surface area contributed by atoms with Crippen molar-refractivity contribution in [3.05, 3.63) is 34.9 Å². The molecule has 29 heavy (non-hydrogen) atoms. The van der Waals surface area contributed by atoms with Gasteiger partial charge in [0.1, 0.15) is 6.04 Å². The molecule has 3 amide bonds. The fourth-order valence-electron chi connectivity index (χ4n) is 4.90. The zero-order valence-corrected chi connectivity index (χ0v) is 17.6. The lowest BCUT2D eigenvalue weighted by Gasteiger charge is -2.46. The Morgan fingerprint density at radius 1 is 1.24 bits per heavy atom. The smallest absolute Gasteiger partial charge is 0.255 e. The van der Waals surface area contributed by atoms with E-state index in [9.17, 15) is 14.4 Å². The van der Waals surface area contributed by atoms with Crippen molar-refractivity contribution in [3.63, 3.8) is 0 Å². The maximum atomic E-state index is 12.8. The average molecular weight is 398 g/mol. The fraction of sp³-hybridized carbons (Fsp3) is 0.609. The summed E-state index contributed by atoms with van der Waals surface area (Å²) >= 11 is 0. The number of carbonyl (C=O) groups excluding carboxylic acids is 3. The third kappa shape index (κ3) is 3.95. The largest absolute Gasteiger partial charge is 0.322 e. The van der Waals surface area contributed by atoms with E-state index in [2.05, 4.69) is 37.5 Å². The van der Waals surface area contributed by atoms with Crippen LogP contribution in [0.1, 0.15) is 74.4 Å². The second-order valence-electron chi connectivity index (χ2n) is 9.63. The maximum Gasteiger partial charge on any atom is 0.255 e. The first kappa shape index (κ1) is 20.1. The van der Waals surface area contributed by atoms with E-state index in [1.807, 2.05) is 12.1 Å². The number of hydrogen-bond acceptors (Lipinski definition) is 4. The van der Waals surface area contributed by atoms with E-state index < -0.39 is 6.04 Å². The molecule has 1 saturated heterocycles. The Bertz CT molecular complexity index is 848. The maximum absolute atomic E-state index is 12.8. The number of fused-ring (bicyclic) bond motifs is 1. The van der Waals surface area contributed by atoms with Gasteiger partial charge in [-0.15, -0.1) is 0 Å². The molecule has 1 aliphatic carbocycles. The molecular formula is C23H31N3O3. The molecule has 2 fully saturated rings. The van der Waals surface area contributed by atoms with E-state index in [0.717, 1.165) is 23.6 Å². The molecule has 2 N–H and O–H groups in total. The Morgan fingerprint density at radius 2 is 2.03 bits per heavy atom. The summed E-state index contributed by atoms with van der Waals surface area (Å²) in [4.78, 5) is 37.9. The minimum absolute atomic E-state index is 0.116. The molecule has 0 spiro atoms. The number of hydrogen-bond donors (Lipinski definition) is 2. The van der Waals surface area contributed by atoms with E-state index in [1.165, 1.54) is 19.3 Å². The van der Waals surface area contributed by atoms with Gasteiger partial charge in [0.05, 0.1) is 0 Å². The minimum Gasteiger partial charge on any atom is -0.322 e. The molecular weight excluding hydrogens is 366 g/mol. The first-order valence-electron chi connectivity index (χ1n) is 10.7. The molecule has 3 atom stereocenters. The Balaban J connectivity index is 1.36. The van der Waals surface area contributed by atoms with Crippen molar-refractivity contribution in [3.8, 4) is 0 Å². The highest BCUT2D eigenvalue weighted by Crippen LogP contribution is 2.48. The van der Waals surface area contributed by atoms with Crippen molar-refractivity contribution < 1.29 is 14.4 Å². The van der Waals surface area contributed by atoms with Crippen LogP contribution in [0.15, 0.2) is 18.2 Å². The summed E-state index contributed by atoms with van der Waals surface area (Å²) in [6.45, 7) is 8.17. The molecule has 1 aromatic rings. The number of carbonyl (C=O) groups is 3. The van der Waals surface area contributed by atoms with E-state index in [1.54, 1.807) is 4.90 Å². The van der Waals surface area contributed by atoms with Crippen LogP contribution in [0.4, 0.5) is 0 Å². The number of nitrogens with zero attached hydrogens (tertiary/aromatic N) is 1. The molecule has 0 aromatic heterocycles. The molecule has 6 heteroatoms. The average Bonchev–Trinajstić information content (AvgIpc) is 2.99. The zero-order valence-electron chi connectivity index (χ0n) is 17.6. The standard InChI is InChI=1S/C23H31N3O3/c1-14(10-17-8-9-23(17,2)3)24-12-15-4-5-18-16(11-15)13-26(22(18)29)19-6-7-20(27)25-21(19)28/h4-5,11,14,17,19,24H,6-10,12-13H2,1-3H3,(H,25,27,28)/t14?,17-,19?/m0/s1. The van der Waals surface area contributed by atoms with Gasteiger partial charge in [-0.1, -0.05) is 26.0 Å². The summed E-state index contributed by atoms with van der Waals surface area (Å²) in [5.74, 6) is 0.0551. The van der Waals surface area contributed by atoms with Gasteiger partial charge < -0.3 is 10.2 Å². The van der Waals surface area contributed by atoms with Crippen molar-refractivity contribution >= 4 is 17.7 Å². The molecule has 2 aliphatic heterocycles. The fourth-order valence-corrected chi connectivity index (χ4v) is 4.90. The van der Waals surface area contributed by atoms with E-state index in [0.29, 0.717) is 30.0 Å². The van der Waals surface area contributed by atoms with Gasteiger partial charge in [0.2, 0.25) is 11.8 Å². The second-order valence-corrected chi connectivity index (χ2v) is 9.63. The van der Waals surface area contributed by atoms with E-state index >= 15 is 0 Å². The predicted octanol–water partition coefficient (Wildman–Crippen LogP) is 2.75. The van der Waals surface area contributed by atoms with Gasteiger partial charge in [-0.3, -0.25) is 19.7 Å². The monoisotopic (exact) mass is 397 g/mol. The molecule has 2 unspecified atom stereocenters. The van der Waals surface area contributed by atoms with Crippen LogP contribution in [0, 0.1) is 11.3 Å². The summed E-state index contributed by atoms with van der Waals surface area (Å²) in [5.41, 5.74) is 3.26. The Kier molecular flexibility index (Phi) is 5.23. The van der Waals surface area contributed by atoms with Crippen LogP contribution in [0.3, 0.4) is 0 Å². The lowest BCUT2D eigenvalue weighted by Crippen LogP contribution is -2.52. The molecule has 1 aromatic carbocycles. The lowest BCUT2D eigenvalue weighted by atomic mass is 9.61. The van der Waals surface area contributed by atoms with E-state index in [4.69, 9.17) is 0 Å². The van der Waals surface area contributed by atoms with E-state index in [-0.39, 0.29) is 24.1 Å². The predicted molar refractivity (Wildman–Crippen MR) is 110 cm³/mol. The van der Waals surface area contributed by atoms with Crippen molar-refractivity contribution in [2.45, 2.75) is 78.0 Å². The Labute approximate surface area is 172 Å². The topological polar surface area (TPSA) is 78.5 Å². The summed E-state index contributed by atoms with van der Waals surface area (Å²) < 4.78 is 0. The lowest BCUT2D eigenvalue weighted by molar-refractivity contribution is -0.136. The van der Waals surface area contributed by atoms with Gasteiger partial charge in [-0.05, 0) is 61.1 Å². The van der Waals surface area contributed by atoms with Gasteiger partial charge in [0.25, 0.3) is 5.91 Å². The van der Waals surface area contributed by atoms with Crippen LogP contribution in [0.25, 0.3) is 0 Å². The van der Waals surface area contributed by atoms with Crippen LogP contribution >= 0.6 is 0 Å². The van der Waals surface area contributed by atoms with Crippen molar-refractivity contribution in [1.82, 2.24) is 15.5 Å². The summed E-state index contributed by atoms with van der Waals surface area (Å²) in [7, 11) is 0. The summed E-state index contributed by atoms with van der Waals surface area (Å²) in [6, 6.07) is 5.85. The number of piperidine rings is 1. The number of amides is 3. The van der Waals surface area contributed by atoms with Gasteiger partial charge >= 0.3 is 0 Å². The van der Waals surface area contributed by atoms with Gasteiger partial charge in [-0.25, -0.2) is 0 Å². The third-order valence-corrected chi connectivity index (χ3v) is 7.12. The zero-order chi connectivity index (χ0) is 20.8. The second kappa shape index (κ2) is 7.56. The molecule has 1 saturated carbocycles. The van der Waals surface area contributed by atoms with Crippen molar-refractivity contribution in [1.29, 1.82) is 0 Å². The minimum atomic E-state index is -0.556. The molecule has 2 heterocycles. The molecule has 4 rings (SSSR count). The SMILES string of the molecule is CC(C[C@@H]1CCC1(C)C)NCc1ccc2c(c1)CN(C1CCC(=O)NC1=O)C2=O. The molecule has 3 aliphatic rings. The number of rotatable bonds is 6. The quantitative estimate of drug-likeness (QED) is 0.724. The van der Waals surface area contributed by atoms with Gasteiger partial charge in [0, 0.05) is 31.1 Å². The molecule has 156 valence electrons. The van der Waals surface area contributed by atoms with Crippen LogP contribution < -0.4 is 10.6 Å². The van der Waals surface area contributed by atoms with Crippen LogP contribution in [0.5, 0.6) is 0 Å². The van der Waals surface area contributed by atoms with Crippen LogP contribution in [0.2, 0.25) is 0 Å². The molecule has 6 nitrogen and oxygen atoms in total.